The van der Waals surface area contributed by atoms with Gasteiger partial charge in [0.1, 0.15) is 0 Å². The number of aromatic nitrogens is 1. The average molecular weight is 269 g/mol. The highest BCUT2D eigenvalue weighted by Gasteiger charge is 2.31. The lowest BCUT2D eigenvalue weighted by atomic mass is 9.70. The summed E-state index contributed by atoms with van der Waals surface area (Å²) in [5, 5.41) is 4.54. The van der Waals surface area contributed by atoms with Crippen LogP contribution >= 0.6 is 11.3 Å². The van der Waals surface area contributed by atoms with Crippen molar-refractivity contribution in [2.45, 2.75) is 32.7 Å². The molecule has 2 rings (SSSR count). The Labute approximate surface area is 113 Å². The molecule has 0 bridgehead atoms. The first-order valence-corrected chi connectivity index (χ1v) is 7.27. The standard InChI is InChI=1S/C13H23N3OS/c1-13(6-5-7-13)9-14-8-10-11(17-4)15-12(18-10)16(2)3/h14H,5-9H2,1-4H3. The number of ether oxygens (including phenoxy) is 1. The molecule has 0 radical (unpaired) electrons. The van der Waals surface area contributed by atoms with Crippen molar-refractivity contribution in [3.63, 3.8) is 0 Å². The lowest BCUT2D eigenvalue weighted by Gasteiger charge is -2.38. The van der Waals surface area contributed by atoms with Crippen LogP contribution in [0.15, 0.2) is 0 Å². The Bertz CT molecular complexity index is 399. The van der Waals surface area contributed by atoms with Crippen molar-refractivity contribution in [1.29, 1.82) is 0 Å². The number of methoxy groups -OCH3 is 1. The molecular formula is C13H23N3OS. The molecule has 0 atom stereocenters. The fraction of sp³-hybridized carbons (Fsp3) is 0.769. The largest absolute Gasteiger partial charge is 0.480 e. The van der Waals surface area contributed by atoms with Gasteiger partial charge in [-0.25, -0.2) is 0 Å². The maximum Gasteiger partial charge on any atom is 0.230 e. The van der Waals surface area contributed by atoms with Gasteiger partial charge in [-0.3, -0.25) is 0 Å². The molecule has 0 aromatic carbocycles. The van der Waals surface area contributed by atoms with Crippen molar-refractivity contribution in [3.05, 3.63) is 4.88 Å². The maximum atomic E-state index is 5.33. The van der Waals surface area contributed by atoms with Crippen LogP contribution in [-0.2, 0) is 6.54 Å². The summed E-state index contributed by atoms with van der Waals surface area (Å²) in [5.74, 6) is 0.759. The SMILES string of the molecule is COc1nc(N(C)C)sc1CNCC1(C)CCC1. The van der Waals surface area contributed by atoms with Crippen molar-refractivity contribution in [1.82, 2.24) is 10.3 Å². The van der Waals surface area contributed by atoms with Crippen molar-refractivity contribution in [3.8, 4) is 5.88 Å². The number of anilines is 1. The fourth-order valence-electron chi connectivity index (χ4n) is 2.22. The first kappa shape index (κ1) is 13.6. The summed E-state index contributed by atoms with van der Waals surface area (Å²) in [7, 11) is 5.70. The third-order valence-corrected chi connectivity index (χ3v) is 4.83. The summed E-state index contributed by atoms with van der Waals surface area (Å²) in [6, 6.07) is 0. The zero-order valence-electron chi connectivity index (χ0n) is 11.7. The molecular weight excluding hydrogens is 246 g/mol. The van der Waals surface area contributed by atoms with Gasteiger partial charge in [0.05, 0.1) is 12.0 Å². The Kier molecular flexibility index (Phi) is 4.12. The molecule has 1 saturated carbocycles. The normalized spacial score (nSPS) is 17.3. The first-order chi connectivity index (χ1) is 8.54. The van der Waals surface area contributed by atoms with Gasteiger partial charge >= 0.3 is 0 Å². The Morgan fingerprint density at radius 1 is 1.44 bits per heavy atom. The minimum absolute atomic E-state index is 0.516. The summed E-state index contributed by atoms with van der Waals surface area (Å²) in [6.07, 6.45) is 4.08. The van der Waals surface area contributed by atoms with E-state index in [4.69, 9.17) is 4.74 Å². The van der Waals surface area contributed by atoms with E-state index in [1.807, 2.05) is 19.0 Å². The Morgan fingerprint density at radius 3 is 2.67 bits per heavy atom. The van der Waals surface area contributed by atoms with Crippen LogP contribution in [0.2, 0.25) is 0 Å². The van der Waals surface area contributed by atoms with Crippen LogP contribution in [0.4, 0.5) is 5.13 Å². The smallest absolute Gasteiger partial charge is 0.230 e. The van der Waals surface area contributed by atoms with E-state index < -0.39 is 0 Å². The van der Waals surface area contributed by atoms with Crippen LogP contribution in [0.1, 0.15) is 31.1 Å². The van der Waals surface area contributed by atoms with Crippen LogP contribution in [-0.4, -0.2) is 32.7 Å². The van der Waals surface area contributed by atoms with Crippen molar-refractivity contribution in [2.75, 3.05) is 32.6 Å². The average Bonchev–Trinajstić information content (AvgIpc) is 2.70. The topological polar surface area (TPSA) is 37.4 Å². The van der Waals surface area contributed by atoms with E-state index in [9.17, 15) is 0 Å². The van der Waals surface area contributed by atoms with E-state index >= 15 is 0 Å². The molecule has 0 amide bonds. The van der Waals surface area contributed by atoms with Crippen LogP contribution < -0.4 is 15.0 Å². The molecule has 1 N–H and O–H groups in total. The van der Waals surface area contributed by atoms with Gasteiger partial charge in [-0.1, -0.05) is 24.7 Å². The summed E-state index contributed by atoms with van der Waals surface area (Å²) in [5.41, 5.74) is 0.516. The third-order valence-electron chi connectivity index (χ3n) is 3.62. The van der Waals surface area contributed by atoms with E-state index in [0.717, 1.165) is 24.1 Å². The molecule has 18 heavy (non-hydrogen) atoms. The highest BCUT2D eigenvalue weighted by Crippen LogP contribution is 2.39. The van der Waals surface area contributed by atoms with Gasteiger partial charge in [0.15, 0.2) is 5.13 Å². The predicted molar refractivity (Wildman–Crippen MR) is 76.7 cm³/mol. The van der Waals surface area contributed by atoms with Gasteiger partial charge in [-0.05, 0) is 18.3 Å². The zero-order chi connectivity index (χ0) is 13.2. The monoisotopic (exact) mass is 269 g/mol. The van der Waals surface area contributed by atoms with Crippen molar-refractivity contribution >= 4 is 16.5 Å². The molecule has 1 aliphatic rings. The second-order valence-electron chi connectivity index (χ2n) is 5.59. The van der Waals surface area contributed by atoms with Gasteiger partial charge < -0.3 is 15.0 Å². The quantitative estimate of drug-likeness (QED) is 0.861. The van der Waals surface area contributed by atoms with E-state index in [1.165, 1.54) is 24.1 Å². The molecule has 0 unspecified atom stereocenters. The molecule has 1 aromatic heterocycles. The number of hydrogen-bond donors (Lipinski definition) is 1. The number of nitrogens with one attached hydrogen (secondary N) is 1. The number of nitrogens with zero attached hydrogens (tertiary/aromatic N) is 2. The highest BCUT2D eigenvalue weighted by molar-refractivity contribution is 7.15. The van der Waals surface area contributed by atoms with Gasteiger partial charge in [-0.15, -0.1) is 0 Å². The molecule has 1 fully saturated rings. The third kappa shape index (κ3) is 2.95. The van der Waals surface area contributed by atoms with Crippen molar-refractivity contribution < 1.29 is 4.74 Å². The van der Waals surface area contributed by atoms with Crippen LogP contribution in [0.5, 0.6) is 5.88 Å². The van der Waals surface area contributed by atoms with E-state index in [1.54, 1.807) is 18.4 Å². The lowest BCUT2D eigenvalue weighted by molar-refractivity contribution is 0.156. The Balaban J connectivity index is 1.91. The van der Waals surface area contributed by atoms with E-state index in [0.29, 0.717) is 5.41 Å². The zero-order valence-corrected chi connectivity index (χ0v) is 12.6. The van der Waals surface area contributed by atoms with E-state index in [-0.39, 0.29) is 0 Å². The number of hydrogen-bond acceptors (Lipinski definition) is 5. The summed E-state index contributed by atoms with van der Waals surface area (Å²) >= 11 is 1.70. The summed E-state index contributed by atoms with van der Waals surface area (Å²) in [6.45, 7) is 4.30. The highest BCUT2D eigenvalue weighted by atomic mass is 32.1. The fourth-order valence-corrected chi connectivity index (χ4v) is 3.15. The Morgan fingerprint density at radius 2 is 2.17 bits per heavy atom. The van der Waals surface area contributed by atoms with Crippen LogP contribution in [0, 0.1) is 5.41 Å². The molecule has 5 heteroatoms. The second-order valence-corrected chi connectivity index (χ2v) is 6.65. The minimum atomic E-state index is 0.516. The molecule has 102 valence electrons. The maximum absolute atomic E-state index is 5.33. The number of rotatable bonds is 6. The summed E-state index contributed by atoms with van der Waals surface area (Å²) in [4.78, 5) is 7.66. The predicted octanol–water partition coefficient (Wildman–Crippen LogP) is 2.50. The van der Waals surface area contributed by atoms with Gasteiger partial charge in [0.2, 0.25) is 5.88 Å². The molecule has 1 heterocycles. The molecule has 0 aliphatic heterocycles. The van der Waals surface area contributed by atoms with Crippen LogP contribution in [0.25, 0.3) is 0 Å². The van der Waals surface area contributed by atoms with Gasteiger partial charge in [-0.2, -0.15) is 4.98 Å². The molecule has 1 aliphatic carbocycles. The molecule has 0 spiro atoms. The minimum Gasteiger partial charge on any atom is -0.480 e. The second kappa shape index (κ2) is 5.45. The lowest BCUT2D eigenvalue weighted by Crippen LogP contribution is -2.36. The molecule has 1 aromatic rings. The van der Waals surface area contributed by atoms with Crippen molar-refractivity contribution in [2.24, 2.45) is 5.41 Å². The van der Waals surface area contributed by atoms with Crippen LogP contribution in [0.3, 0.4) is 0 Å². The molecule has 0 saturated heterocycles. The summed E-state index contributed by atoms with van der Waals surface area (Å²) < 4.78 is 5.33. The Hall–Kier alpha value is -0.810. The number of thiazole rings is 1. The van der Waals surface area contributed by atoms with Gasteiger partial charge in [0.25, 0.3) is 0 Å². The molecule has 4 nitrogen and oxygen atoms in total. The van der Waals surface area contributed by atoms with E-state index in [2.05, 4.69) is 17.2 Å². The first-order valence-electron chi connectivity index (χ1n) is 6.46. The van der Waals surface area contributed by atoms with Gasteiger partial charge in [0, 0.05) is 27.2 Å².